The molecule has 0 atom stereocenters. The molecule has 75 valence electrons. The van der Waals surface area contributed by atoms with Gasteiger partial charge in [-0.3, -0.25) is 0 Å². The minimum Gasteiger partial charge on any atom is -0.550 e. The van der Waals surface area contributed by atoms with E-state index in [1.54, 1.807) is 0 Å². The van der Waals surface area contributed by atoms with Gasteiger partial charge in [0.2, 0.25) is 0 Å². The number of hydrogen-bond donors (Lipinski definition) is 0. The summed E-state index contributed by atoms with van der Waals surface area (Å²) in [4.78, 5) is 19.8. The molecule has 4 nitrogen and oxygen atoms in total. The monoisotopic (exact) mass is 227 g/mol. The Morgan fingerprint density at radius 1 is 0.769 bits per heavy atom. The van der Waals surface area contributed by atoms with Crippen molar-refractivity contribution in [2.24, 2.45) is 0 Å². The summed E-state index contributed by atoms with van der Waals surface area (Å²) in [6.45, 7) is 0. The van der Waals surface area contributed by atoms with Gasteiger partial charge in [0.05, 0.1) is 0 Å². The fraction of sp³-hybridized carbons (Fsp3) is 0.750. The number of carboxylic acids is 2. The van der Waals surface area contributed by atoms with E-state index in [2.05, 4.69) is 0 Å². The zero-order valence-electron chi connectivity index (χ0n) is 7.25. The SMILES string of the molecule is O=C([O-])CCCCCCC(=O)[O-].[Mn+2]. The van der Waals surface area contributed by atoms with Crippen LogP contribution in [0.2, 0.25) is 0 Å². The number of rotatable bonds is 7. The molecular formula is C8H12MnO4. The second-order valence-electron chi connectivity index (χ2n) is 2.66. The van der Waals surface area contributed by atoms with Crippen LogP contribution in [0, 0.1) is 0 Å². The van der Waals surface area contributed by atoms with E-state index in [-0.39, 0.29) is 29.9 Å². The maximum atomic E-state index is 9.92. The van der Waals surface area contributed by atoms with Gasteiger partial charge >= 0.3 is 17.1 Å². The van der Waals surface area contributed by atoms with Crippen LogP contribution in [-0.4, -0.2) is 11.9 Å². The Labute approximate surface area is 87.8 Å². The summed E-state index contributed by atoms with van der Waals surface area (Å²) in [5, 5.41) is 19.8. The molecule has 0 aliphatic heterocycles. The Morgan fingerprint density at radius 2 is 1.08 bits per heavy atom. The molecule has 0 saturated carbocycles. The number of carbonyl (C=O) groups is 2. The second-order valence-corrected chi connectivity index (χ2v) is 2.66. The van der Waals surface area contributed by atoms with Crippen LogP contribution in [0.15, 0.2) is 0 Å². The van der Waals surface area contributed by atoms with Gasteiger partial charge in [-0.2, -0.15) is 0 Å². The zero-order valence-corrected chi connectivity index (χ0v) is 8.43. The summed E-state index contributed by atoms with van der Waals surface area (Å²) in [5.41, 5.74) is 0. The van der Waals surface area contributed by atoms with Crippen molar-refractivity contribution in [3.8, 4) is 0 Å². The predicted octanol–water partition coefficient (Wildman–Crippen LogP) is -1.18. The van der Waals surface area contributed by atoms with Gasteiger partial charge in [0.15, 0.2) is 0 Å². The normalized spacial score (nSPS) is 8.92. The van der Waals surface area contributed by atoms with Crippen LogP contribution in [0.4, 0.5) is 0 Å². The molecule has 0 aliphatic rings. The van der Waals surface area contributed by atoms with Gasteiger partial charge in [0.25, 0.3) is 0 Å². The second kappa shape index (κ2) is 9.55. The first-order chi connectivity index (χ1) is 5.63. The summed E-state index contributed by atoms with van der Waals surface area (Å²) in [7, 11) is 0. The molecule has 0 aromatic heterocycles. The van der Waals surface area contributed by atoms with Gasteiger partial charge in [-0.05, 0) is 25.7 Å². The van der Waals surface area contributed by atoms with Crippen molar-refractivity contribution < 1.29 is 36.9 Å². The molecule has 0 spiro atoms. The van der Waals surface area contributed by atoms with Crippen molar-refractivity contribution in [2.45, 2.75) is 38.5 Å². The standard InChI is InChI=1S/C8H14O4.Mn/c9-7(10)5-3-1-2-4-6-8(11)12;/h1-6H2,(H,9,10)(H,11,12);/q;+2/p-2. The van der Waals surface area contributed by atoms with E-state index >= 15 is 0 Å². The summed E-state index contributed by atoms with van der Waals surface area (Å²) in [6.07, 6.45) is 2.73. The Hall–Kier alpha value is -0.541. The number of carbonyl (C=O) groups excluding carboxylic acids is 2. The number of aliphatic carboxylic acids is 2. The largest absolute Gasteiger partial charge is 2.00 e. The van der Waals surface area contributed by atoms with Gasteiger partial charge in [-0.15, -0.1) is 0 Å². The molecule has 0 aliphatic carbocycles. The predicted molar refractivity (Wildman–Crippen MR) is 37.7 cm³/mol. The molecule has 0 rings (SSSR count). The minimum atomic E-state index is -1.05. The van der Waals surface area contributed by atoms with E-state index in [1.807, 2.05) is 0 Å². The van der Waals surface area contributed by atoms with Gasteiger partial charge < -0.3 is 19.8 Å². The molecule has 0 unspecified atom stereocenters. The third-order valence-corrected chi connectivity index (χ3v) is 1.51. The molecule has 0 aromatic rings. The fourth-order valence-corrected chi connectivity index (χ4v) is 0.892. The van der Waals surface area contributed by atoms with E-state index in [4.69, 9.17) is 0 Å². The van der Waals surface area contributed by atoms with Crippen molar-refractivity contribution in [3.05, 3.63) is 0 Å². The summed E-state index contributed by atoms with van der Waals surface area (Å²) >= 11 is 0. The van der Waals surface area contributed by atoms with Crippen molar-refractivity contribution in [2.75, 3.05) is 0 Å². The Kier molecular flexibility index (Phi) is 11.0. The van der Waals surface area contributed by atoms with Crippen LogP contribution in [0.3, 0.4) is 0 Å². The van der Waals surface area contributed by atoms with Crippen LogP contribution in [0.25, 0.3) is 0 Å². The topological polar surface area (TPSA) is 80.3 Å². The van der Waals surface area contributed by atoms with Crippen molar-refractivity contribution in [3.63, 3.8) is 0 Å². The molecule has 0 N–H and O–H groups in total. The van der Waals surface area contributed by atoms with Crippen molar-refractivity contribution in [1.82, 2.24) is 0 Å². The number of unbranched alkanes of at least 4 members (excludes halogenated alkanes) is 3. The molecule has 0 fully saturated rings. The molecule has 13 heavy (non-hydrogen) atoms. The number of hydrogen-bond acceptors (Lipinski definition) is 4. The Morgan fingerprint density at radius 3 is 1.31 bits per heavy atom. The third-order valence-electron chi connectivity index (χ3n) is 1.51. The molecule has 1 radical (unpaired) electrons. The maximum Gasteiger partial charge on any atom is 2.00 e. The molecular weight excluding hydrogens is 215 g/mol. The van der Waals surface area contributed by atoms with E-state index in [0.717, 1.165) is 12.8 Å². The minimum absolute atomic E-state index is 0. The van der Waals surface area contributed by atoms with E-state index in [1.165, 1.54) is 0 Å². The summed E-state index contributed by atoms with van der Waals surface area (Å²) in [6, 6.07) is 0. The van der Waals surface area contributed by atoms with E-state index in [9.17, 15) is 19.8 Å². The third kappa shape index (κ3) is 14.3. The van der Waals surface area contributed by atoms with E-state index < -0.39 is 11.9 Å². The molecule has 5 heteroatoms. The van der Waals surface area contributed by atoms with E-state index in [0.29, 0.717) is 12.8 Å². The molecule has 0 bridgehead atoms. The Bertz CT molecular complexity index is 140. The first kappa shape index (κ1) is 15.0. The quantitative estimate of drug-likeness (QED) is 0.405. The molecule has 0 saturated heterocycles. The molecule has 0 heterocycles. The summed E-state index contributed by atoms with van der Waals surface area (Å²) < 4.78 is 0. The zero-order chi connectivity index (χ0) is 9.40. The maximum absolute atomic E-state index is 9.92. The fourth-order valence-electron chi connectivity index (χ4n) is 0.892. The van der Waals surface area contributed by atoms with Crippen LogP contribution < -0.4 is 10.2 Å². The van der Waals surface area contributed by atoms with Crippen LogP contribution >= 0.6 is 0 Å². The molecule has 0 amide bonds. The van der Waals surface area contributed by atoms with Crippen molar-refractivity contribution >= 4 is 11.9 Å². The van der Waals surface area contributed by atoms with Gasteiger partial charge in [0.1, 0.15) is 0 Å². The Balaban J connectivity index is 0. The van der Waals surface area contributed by atoms with Crippen LogP contribution in [0.1, 0.15) is 38.5 Å². The van der Waals surface area contributed by atoms with Crippen molar-refractivity contribution in [1.29, 1.82) is 0 Å². The molecule has 0 aromatic carbocycles. The average molecular weight is 227 g/mol. The summed E-state index contributed by atoms with van der Waals surface area (Å²) in [5.74, 6) is -2.09. The number of carboxylic acid groups (broad SMARTS) is 2. The average Bonchev–Trinajstić information content (AvgIpc) is 1.95. The van der Waals surface area contributed by atoms with Gasteiger partial charge in [-0.25, -0.2) is 0 Å². The smallest absolute Gasteiger partial charge is 0.550 e. The first-order valence-corrected chi connectivity index (χ1v) is 4.02. The van der Waals surface area contributed by atoms with Crippen LogP contribution in [-0.2, 0) is 26.7 Å². The van der Waals surface area contributed by atoms with Crippen LogP contribution in [0.5, 0.6) is 0 Å². The van der Waals surface area contributed by atoms with Gasteiger partial charge in [-0.1, -0.05) is 12.8 Å². The van der Waals surface area contributed by atoms with Gasteiger partial charge in [0, 0.05) is 11.9 Å². The first-order valence-electron chi connectivity index (χ1n) is 4.02.